The average molecular weight is 398 g/mol. The summed E-state index contributed by atoms with van der Waals surface area (Å²) in [6, 6.07) is 11.8. The minimum absolute atomic E-state index is 0.119. The zero-order valence-electron chi connectivity index (χ0n) is 16.3. The number of aromatic carboxylic acids is 1. The molecule has 0 spiro atoms. The van der Waals surface area contributed by atoms with E-state index >= 15 is 0 Å². The van der Waals surface area contributed by atoms with Crippen LogP contribution in [0.1, 0.15) is 35.2 Å². The van der Waals surface area contributed by atoms with E-state index in [2.05, 4.69) is 16.0 Å². The summed E-state index contributed by atoms with van der Waals surface area (Å²) >= 11 is 0. The fourth-order valence-corrected chi connectivity index (χ4v) is 2.65. The molecule has 0 fully saturated rings. The Balaban J connectivity index is 1.99. The number of aryl methyl sites for hydroxylation is 1. The van der Waals surface area contributed by atoms with E-state index in [1.807, 2.05) is 19.1 Å². The van der Waals surface area contributed by atoms with Gasteiger partial charge in [0, 0.05) is 11.4 Å². The number of unbranched alkanes of at least 4 members (excludes halogenated alkanes) is 1. The SMILES string of the molecule is Cc1ccc(NC(=O)[C@H](CCCCN)NC(=O)Nc2ccc(C(=O)O)cc2)cc1. The van der Waals surface area contributed by atoms with Crippen molar-refractivity contribution >= 4 is 29.3 Å². The average Bonchev–Trinajstić information content (AvgIpc) is 2.69. The third-order valence-electron chi connectivity index (χ3n) is 4.28. The standard InChI is InChI=1S/C21H26N4O4/c1-14-5-9-16(10-6-14)23-19(26)18(4-2-3-13-22)25-21(29)24-17-11-7-15(8-12-17)20(27)28/h5-12,18H,2-4,13,22H2,1H3,(H,23,26)(H,27,28)(H2,24,25,29)/t18-/m0/s1. The first-order chi connectivity index (χ1) is 13.9. The number of hydrogen-bond acceptors (Lipinski definition) is 4. The molecule has 0 aliphatic heterocycles. The van der Waals surface area contributed by atoms with E-state index in [4.69, 9.17) is 10.8 Å². The van der Waals surface area contributed by atoms with Gasteiger partial charge in [0.05, 0.1) is 5.56 Å². The molecule has 0 bridgehead atoms. The van der Waals surface area contributed by atoms with Crippen molar-refractivity contribution in [2.45, 2.75) is 32.2 Å². The minimum Gasteiger partial charge on any atom is -0.478 e. The summed E-state index contributed by atoms with van der Waals surface area (Å²) in [5.41, 5.74) is 7.79. The van der Waals surface area contributed by atoms with Gasteiger partial charge in [-0.25, -0.2) is 9.59 Å². The van der Waals surface area contributed by atoms with E-state index in [1.54, 1.807) is 12.1 Å². The molecule has 1 atom stereocenters. The molecular weight excluding hydrogens is 372 g/mol. The van der Waals surface area contributed by atoms with E-state index in [-0.39, 0.29) is 11.5 Å². The topological polar surface area (TPSA) is 134 Å². The van der Waals surface area contributed by atoms with Crippen LogP contribution in [0.3, 0.4) is 0 Å². The van der Waals surface area contributed by atoms with E-state index in [9.17, 15) is 14.4 Å². The normalized spacial score (nSPS) is 11.4. The molecule has 0 saturated heterocycles. The van der Waals surface area contributed by atoms with Crippen molar-refractivity contribution in [3.05, 3.63) is 59.7 Å². The van der Waals surface area contributed by atoms with Crippen LogP contribution < -0.4 is 21.7 Å². The number of carboxylic acid groups (broad SMARTS) is 1. The molecule has 8 nitrogen and oxygen atoms in total. The van der Waals surface area contributed by atoms with Gasteiger partial charge in [0.15, 0.2) is 0 Å². The number of carbonyl (C=O) groups is 3. The maximum Gasteiger partial charge on any atom is 0.335 e. The van der Waals surface area contributed by atoms with Gasteiger partial charge in [-0.05, 0) is 69.1 Å². The molecular formula is C21H26N4O4. The van der Waals surface area contributed by atoms with Crippen molar-refractivity contribution < 1.29 is 19.5 Å². The summed E-state index contributed by atoms with van der Waals surface area (Å²) in [7, 11) is 0. The number of carboxylic acids is 1. The van der Waals surface area contributed by atoms with Crippen LogP contribution in [0.25, 0.3) is 0 Å². The van der Waals surface area contributed by atoms with E-state index < -0.39 is 18.0 Å². The Bertz CT molecular complexity index is 835. The van der Waals surface area contributed by atoms with Crippen LogP contribution in [0.15, 0.2) is 48.5 Å². The van der Waals surface area contributed by atoms with E-state index in [0.29, 0.717) is 30.8 Å². The van der Waals surface area contributed by atoms with Gasteiger partial charge < -0.3 is 26.8 Å². The number of anilines is 2. The molecule has 2 rings (SSSR count). The van der Waals surface area contributed by atoms with Crippen LogP contribution in [-0.4, -0.2) is 35.6 Å². The molecule has 0 heterocycles. The van der Waals surface area contributed by atoms with Crippen molar-refractivity contribution in [2.24, 2.45) is 5.73 Å². The Kier molecular flexibility index (Phi) is 8.17. The van der Waals surface area contributed by atoms with Crippen molar-refractivity contribution in [1.29, 1.82) is 0 Å². The predicted octanol–water partition coefficient (Wildman–Crippen LogP) is 2.95. The maximum absolute atomic E-state index is 12.6. The zero-order chi connectivity index (χ0) is 21.2. The molecule has 29 heavy (non-hydrogen) atoms. The number of urea groups is 1. The second-order valence-corrected chi connectivity index (χ2v) is 6.67. The molecule has 0 saturated carbocycles. The van der Waals surface area contributed by atoms with Crippen LogP contribution in [0.2, 0.25) is 0 Å². The van der Waals surface area contributed by atoms with Crippen LogP contribution >= 0.6 is 0 Å². The molecule has 0 aliphatic carbocycles. The van der Waals surface area contributed by atoms with Crippen LogP contribution in [0.5, 0.6) is 0 Å². The van der Waals surface area contributed by atoms with Gasteiger partial charge in [-0.1, -0.05) is 17.7 Å². The molecule has 3 amide bonds. The fourth-order valence-electron chi connectivity index (χ4n) is 2.65. The molecule has 6 N–H and O–H groups in total. The van der Waals surface area contributed by atoms with Gasteiger partial charge in [-0.3, -0.25) is 4.79 Å². The Hall–Kier alpha value is -3.39. The maximum atomic E-state index is 12.6. The monoisotopic (exact) mass is 398 g/mol. The van der Waals surface area contributed by atoms with Crippen LogP contribution in [0.4, 0.5) is 16.2 Å². The van der Waals surface area contributed by atoms with Crippen LogP contribution in [-0.2, 0) is 4.79 Å². The highest BCUT2D eigenvalue weighted by Crippen LogP contribution is 2.12. The zero-order valence-corrected chi connectivity index (χ0v) is 16.3. The molecule has 0 radical (unpaired) electrons. The number of nitrogens with two attached hydrogens (primary N) is 1. The summed E-state index contributed by atoms with van der Waals surface area (Å²) in [5.74, 6) is -1.36. The molecule has 2 aromatic carbocycles. The highest BCUT2D eigenvalue weighted by molar-refractivity contribution is 5.99. The lowest BCUT2D eigenvalue weighted by molar-refractivity contribution is -0.118. The smallest absolute Gasteiger partial charge is 0.335 e. The summed E-state index contributed by atoms with van der Waals surface area (Å²) in [5, 5.41) is 17.0. The van der Waals surface area contributed by atoms with Gasteiger partial charge in [0.1, 0.15) is 6.04 Å². The number of carbonyl (C=O) groups excluding carboxylic acids is 2. The molecule has 0 unspecified atom stereocenters. The van der Waals surface area contributed by atoms with Gasteiger partial charge in [-0.15, -0.1) is 0 Å². The highest BCUT2D eigenvalue weighted by Gasteiger charge is 2.20. The Morgan fingerprint density at radius 1 is 0.931 bits per heavy atom. The second-order valence-electron chi connectivity index (χ2n) is 6.67. The summed E-state index contributed by atoms with van der Waals surface area (Å²) in [6.07, 6.45) is 1.88. The molecule has 0 aromatic heterocycles. The third-order valence-corrected chi connectivity index (χ3v) is 4.28. The van der Waals surface area contributed by atoms with Gasteiger partial charge in [0.2, 0.25) is 5.91 Å². The lowest BCUT2D eigenvalue weighted by Crippen LogP contribution is -2.45. The number of hydrogen-bond donors (Lipinski definition) is 5. The van der Waals surface area contributed by atoms with E-state index in [1.165, 1.54) is 24.3 Å². The van der Waals surface area contributed by atoms with Crippen molar-refractivity contribution in [3.63, 3.8) is 0 Å². The summed E-state index contributed by atoms with van der Waals surface area (Å²) in [6.45, 7) is 2.46. The first-order valence-electron chi connectivity index (χ1n) is 9.37. The minimum atomic E-state index is -1.05. The molecule has 154 valence electrons. The fraction of sp³-hybridized carbons (Fsp3) is 0.286. The van der Waals surface area contributed by atoms with Gasteiger partial charge >= 0.3 is 12.0 Å². The number of nitrogens with one attached hydrogen (secondary N) is 3. The van der Waals surface area contributed by atoms with Crippen LogP contribution in [0, 0.1) is 6.92 Å². The number of benzene rings is 2. The van der Waals surface area contributed by atoms with Crippen molar-refractivity contribution in [1.82, 2.24) is 5.32 Å². The Morgan fingerprint density at radius 3 is 2.10 bits per heavy atom. The first kappa shape index (κ1) is 21.9. The summed E-state index contributed by atoms with van der Waals surface area (Å²) < 4.78 is 0. The Labute approximate surface area is 169 Å². The van der Waals surface area contributed by atoms with Gasteiger partial charge in [0.25, 0.3) is 0 Å². The molecule has 8 heteroatoms. The summed E-state index contributed by atoms with van der Waals surface area (Å²) in [4.78, 5) is 35.9. The van der Waals surface area contributed by atoms with Gasteiger partial charge in [-0.2, -0.15) is 0 Å². The largest absolute Gasteiger partial charge is 0.478 e. The highest BCUT2D eigenvalue weighted by atomic mass is 16.4. The second kappa shape index (κ2) is 10.8. The Morgan fingerprint density at radius 2 is 1.52 bits per heavy atom. The lowest BCUT2D eigenvalue weighted by atomic mass is 10.1. The van der Waals surface area contributed by atoms with Crippen molar-refractivity contribution in [3.8, 4) is 0 Å². The van der Waals surface area contributed by atoms with E-state index in [0.717, 1.165) is 12.0 Å². The number of rotatable bonds is 9. The quantitative estimate of drug-likeness (QED) is 0.414. The molecule has 0 aliphatic rings. The number of amides is 3. The predicted molar refractivity (Wildman–Crippen MR) is 112 cm³/mol. The van der Waals surface area contributed by atoms with Crippen molar-refractivity contribution in [2.75, 3.05) is 17.2 Å². The first-order valence-corrected chi connectivity index (χ1v) is 9.37. The third kappa shape index (κ3) is 7.27. The lowest BCUT2D eigenvalue weighted by Gasteiger charge is -2.19. The molecule has 2 aromatic rings.